The molecule has 0 aliphatic carbocycles. The number of likely N-dealkylation sites (tertiary alicyclic amines) is 1. The lowest BCUT2D eigenvalue weighted by atomic mass is 9.90. The SMILES string of the molecule is CC(C)n1ncnc1-c1nc2c(s1)CCOc1cc(C3CN(CC(=O)O)C3)ccc1-2. The van der Waals surface area contributed by atoms with E-state index in [4.69, 9.17) is 14.8 Å². The summed E-state index contributed by atoms with van der Waals surface area (Å²) >= 11 is 1.66. The average Bonchev–Trinajstić information content (AvgIpc) is 3.28. The summed E-state index contributed by atoms with van der Waals surface area (Å²) in [6.45, 7) is 6.41. The molecule has 1 fully saturated rings. The number of carboxylic acids is 1. The minimum Gasteiger partial charge on any atom is -0.492 e. The van der Waals surface area contributed by atoms with Crippen LogP contribution in [0.4, 0.5) is 0 Å². The normalized spacial score (nSPS) is 16.5. The lowest BCUT2D eigenvalue weighted by Gasteiger charge is -2.38. The summed E-state index contributed by atoms with van der Waals surface area (Å²) in [6, 6.07) is 6.52. The molecule has 2 aromatic heterocycles. The Labute approximate surface area is 178 Å². The van der Waals surface area contributed by atoms with Crippen molar-refractivity contribution < 1.29 is 14.6 Å². The maximum atomic E-state index is 10.9. The number of nitrogens with zero attached hydrogens (tertiary/aromatic N) is 5. The molecule has 5 rings (SSSR count). The minimum atomic E-state index is -0.779. The van der Waals surface area contributed by atoms with Gasteiger partial charge in [-0.15, -0.1) is 11.3 Å². The highest BCUT2D eigenvalue weighted by Crippen LogP contribution is 2.42. The fourth-order valence-corrected chi connectivity index (χ4v) is 5.12. The van der Waals surface area contributed by atoms with Crippen LogP contribution in [-0.2, 0) is 11.2 Å². The van der Waals surface area contributed by atoms with Gasteiger partial charge in [0, 0.05) is 41.9 Å². The molecule has 1 N–H and O–H groups in total. The highest BCUT2D eigenvalue weighted by atomic mass is 32.1. The van der Waals surface area contributed by atoms with E-state index in [1.807, 2.05) is 9.58 Å². The summed E-state index contributed by atoms with van der Waals surface area (Å²) in [4.78, 5) is 23.4. The zero-order chi connectivity index (χ0) is 20.8. The van der Waals surface area contributed by atoms with Crippen LogP contribution in [0, 0.1) is 0 Å². The Morgan fingerprint density at radius 1 is 1.37 bits per heavy atom. The first-order valence-corrected chi connectivity index (χ1v) is 10.9. The van der Waals surface area contributed by atoms with E-state index in [1.165, 1.54) is 10.4 Å². The molecule has 0 atom stereocenters. The fraction of sp³-hybridized carbons (Fsp3) is 0.429. The van der Waals surface area contributed by atoms with Crippen LogP contribution in [0.3, 0.4) is 0 Å². The van der Waals surface area contributed by atoms with Crippen molar-refractivity contribution >= 4 is 17.3 Å². The Morgan fingerprint density at radius 2 is 2.20 bits per heavy atom. The molecular weight excluding hydrogens is 402 g/mol. The van der Waals surface area contributed by atoms with E-state index < -0.39 is 5.97 Å². The number of rotatable bonds is 5. The lowest BCUT2D eigenvalue weighted by Crippen LogP contribution is -2.47. The molecule has 2 aliphatic rings. The number of hydrogen-bond donors (Lipinski definition) is 1. The number of aromatic nitrogens is 4. The van der Waals surface area contributed by atoms with Crippen LogP contribution >= 0.6 is 11.3 Å². The Hall–Kier alpha value is -2.78. The van der Waals surface area contributed by atoms with Gasteiger partial charge in [-0.1, -0.05) is 6.07 Å². The first-order chi connectivity index (χ1) is 14.5. The van der Waals surface area contributed by atoms with E-state index in [0.29, 0.717) is 12.5 Å². The third kappa shape index (κ3) is 3.37. The van der Waals surface area contributed by atoms with Crippen molar-refractivity contribution in [2.75, 3.05) is 26.2 Å². The van der Waals surface area contributed by atoms with E-state index >= 15 is 0 Å². The molecule has 4 heterocycles. The predicted octanol–water partition coefficient (Wildman–Crippen LogP) is 3.07. The maximum Gasteiger partial charge on any atom is 0.317 e. The number of ether oxygens (including phenoxy) is 1. The summed E-state index contributed by atoms with van der Waals surface area (Å²) < 4.78 is 7.96. The van der Waals surface area contributed by atoms with Crippen molar-refractivity contribution in [3.8, 4) is 27.8 Å². The summed E-state index contributed by atoms with van der Waals surface area (Å²) in [7, 11) is 0. The predicted molar refractivity (Wildman–Crippen MR) is 113 cm³/mol. The van der Waals surface area contributed by atoms with Gasteiger partial charge < -0.3 is 9.84 Å². The zero-order valence-corrected chi connectivity index (χ0v) is 17.7. The molecule has 156 valence electrons. The monoisotopic (exact) mass is 425 g/mol. The van der Waals surface area contributed by atoms with Crippen molar-refractivity contribution in [3.05, 3.63) is 35.0 Å². The molecule has 8 nitrogen and oxygen atoms in total. The number of carboxylic acid groups (broad SMARTS) is 1. The summed E-state index contributed by atoms with van der Waals surface area (Å²) in [5, 5.41) is 14.1. The standard InChI is InChI=1S/C21H23N5O3S/c1-12(2)26-20(22-11-23-26)21-24-19-15-4-3-13(14-8-25(9-14)10-18(27)28)7-16(15)29-6-5-17(19)30-21/h3-4,7,11-12,14H,5-6,8-10H2,1-2H3,(H,27,28). The first kappa shape index (κ1) is 19.2. The number of carbonyl (C=O) groups is 1. The molecule has 2 aliphatic heterocycles. The van der Waals surface area contributed by atoms with Crippen LogP contribution < -0.4 is 4.74 Å². The van der Waals surface area contributed by atoms with Gasteiger partial charge in [-0.2, -0.15) is 5.10 Å². The van der Waals surface area contributed by atoms with Crippen LogP contribution in [0.5, 0.6) is 5.75 Å². The molecule has 0 unspecified atom stereocenters. The summed E-state index contributed by atoms with van der Waals surface area (Å²) in [5.74, 6) is 1.22. The van der Waals surface area contributed by atoms with Crippen LogP contribution in [0.1, 0.15) is 36.2 Å². The molecule has 0 spiro atoms. The molecule has 0 saturated carbocycles. The number of thiazole rings is 1. The van der Waals surface area contributed by atoms with Crippen LogP contribution in [0.15, 0.2) is 24.5 Å². The number of aliphatic carboxylic acids is 1. The molecule has 0 bridgehead atoms. The molecule has 1 saturated heterocycles. The van der Waals surface area contributed by atoms with Crippen molar-refractivity contribution in [1.82, 2.24) is 24.6 Å². The van der Waals surface area contributed by atoms with E-state index in [9.17, 15) is 4.79 Å². The van der Waals surface area contributed by atoms with Crippen LogP contribution in [0.25, 0.3) is 22.1 Å². The molecular formula is C21H23N5O3S. The number of benzene rings is 1. The van der Waals surface area contributed by atoms with Crippen LogP contribution in [0.2, 0.25) is 0 Å². The van der Waals surface area contributed by atoms with E-state index in [2.05, 4.69) is 42.1 Å². The smallest absolute Gasteiger partial charge is 0.317 e. The van der Waals surface area contributed by atoms with Gasteiger partial charge in [0.05, 0.1) is 18.8 Å². The van der Waals surface area contributed by atoms with E-state index in [1.54, 1.807) is 17.7 Å². The number of hydrogen-bond acceptors (Lipinski definition) is 7. The second kappa shape index (κ2) is 7.48. The first-order valence-electron chi connectivity index (χ1n) is 10.1. The highest BCUT2D eigenvalue weighted by Gasteiger charge is 2.31. The Morgan fingerprint density at radius 3 is 2.97 bits per heavy atom. The Balaban J connectivity index is 1.44. The van der Waals surface area contributed by atoms with Gasteiger partial charge in [0.2, 0.25) is 0 Å². The molecule has 0 radical (unpaired) electrons. The Bertz CT molecular complexity index is 1100. The van der Waals surface area contributed by atoms with Gasteiger partial charge in [-0.25, -0.2) is 14.6 Å². The molecule has 3 aromatic rings. The topological polar surface area (TPSA) is 93.4 Å². The van der Waals surface area contributed by atoms with Gasteiger partial charge in [0.1, 0.15) is 12.1 Å². The minimum absolute atomic E-state index is 0.101. The third-order valence-corrected chi connectivity index (χ3v) is 6.70. The number of fused-ring (bicyclic) bond motifs is 3. The maximum absolute atomic E-state index is 10.9. The summed E-state index contributed by atoms with van der Waals surface area (Å²) in [5.41, 5.74) is 3.16. The second-order valence-electron chi connectivity index (χ2n) is 8.05. The third-order valence-electron chi connectivity index (χ3n) is 5.59. The quantitative estimate of drug-likeness (QED) is 0.671. The largest absolute Gasteiger partial charge is 0.492 e. The molecule has 1 aromatic carbocycles. The van der Waals surface area contributed by atoms with Crippen molar-refractivity contribution in [2.24, 2.45) is 0 Å². The van der Waals surface area contributed by atoms with E-state index in [0.717, 1.165) is 47.3 Å². The van der Waals surface area contributed by atoms with Crippen molar-refractivity contribution in [1.29, 1.82) is 0 Å². The van der Waals surface area contributed by atoms with E-state index in [-0.39, 0.29) is 12.6 Å². The zero-order valence-electron chi connectivity index (χ0n) is 16.9. The van der Waals surface area contributed by atoms with Crippen LogP contribution in [-0.4, -0.2) is 62.0 Å². The summed E-state index contributed by atoms with van der Waals surface area (Å²) in [6.07, 6.45) is 2.39. The van der Waals surface area contributed by atoms with Gasteiger partial charge in [-0.05, 0) is 31.5 Å². The van der Waals surface area contributed by atoms with Gasteiger partial charge in [0.25, 0.3) is 0 Å². The van der Waals surface area contributed by atoms with Gasteiger partial charge in [-0.3, -0.25) is 9.69 Å². The molecule has 0 amide bonds. The highest BCUT2D eigenvalue weighted by molar-refractivity contribution is 7.15. The lowest BCUT2D eigenvalue weighted by molar-refractivity contribution is -0.139. The van der Waals surface area contributed by atoms with Crippen molar-refractivity contribution in [2.45, 2.75) is 32.2 Å². The molecule has 9 heteroatoms. The second-order valence-corrected chi connectivity index (χ2v) is 9.14. The van der Waals surface area contributed by atoms with Crippen molar-refractivity contribution in [3.63, 3.8) is 0 Å². The average molecular weight is 426 g/mol. The van der Waals surface area contributed by atoms with Gasteiger partial charge in [0.15, 0.2) is 10.8 Å². The van der Waals surface area contributed by atoms with Gasteiger partial charge >= 0.3 is 5.97 Å². The Kier molecular flexibility index (Phi) is 4.79. The fourth-order valence-electron chi connectivity index (χ4n) is 4.07. The molecule has 30 heavy (non-hydrogen) atoms.